The summed E-state index contributed by atoms with van der Waals surface area (Å²) in [6.07, 6.45) is -2.54. The molecule has 8 heteroatoms. The van der Waals surface area contributed by atoms with Crippen molar-refractivity contribution in [3.05, 3.63) is 54.2 Å². The van der Waals surface area contributed by atoms with Crippen molar-refractivity contribution in [2.24, 2.45) is 7.05 Å². The molecule has 5 nitrogen and oxygen atoms in total. The quantitative estimate of drug-likeness (QED) is 0.564. The van der Waals surface area contributed by atoms with Crippen molar-refractivity contribution < 1.29 is 18.0 Å². The number of nitrogens with one attached hydrogen (secondary N) is 1. The fourth-order valence-electron chi connectivity index (χ4n) is 3.23. The summed E-state index contributed by atoms with van der Waals surface area (Å²) < 4.78 is 42.0. The van der Waals surface area contributed by atoms with Crippen LogP contribution < -0.4 is 5.32 Å². The molecular formula is C19H15F3N4O. The topological polar surface area (TPSA) is 51.9 Å². The summed E-state index contributed by atoms with van der Waals surface area (Å²) in [4.78, 5) is 11.3. The second kappa shape index (κ2) is 5.87. The van der Waals surface area contributed by atoms with Gasteiger partial charge in [-0.1, -0.05) is 0 Å². The molecule has 0 fully saturated rings. The van der Waals surface area contributed by atoms with Gasteiger partial charge in [0, 0.05) is 42.3 Å². The zero-order valence-corrected chi connectivity index (χ0v) is 14.5. The van der Waals surface area contributed by atoms with Crippen molar-refractivity contribution >= 4 is 33.5 Å². The first-order valence-corrected chi connectivity index (χ1v) is 8.17. The average Bonchev–Trinajstić information content (AvgIpc) is 3.08. The molecule has 0 aliphatic heterocycles. The predicted molar refractivity (Wildman–Crippen MR) is 96.9 cm³/mol. The van der Waals surface area contributed by atoms with E-state index in [2.05, 4.69) is 10.4 Å². The summed E-state index contributed by atoms with van der Waals surface area (Å²) in [5.74, 6) is -0.182. The summed E-state index contributed by atoms with van der Waals surface area (Å²) >= 11 is 0. The van der Waals surface area contributed by atoms with E-state index in [-0.39, 0.29) is 5.91 Å². The van der Waals surface area contributed by atoms with Gasteiger partial charge >= 0.3 is 6.18 Å². The lowest BCUT2D eigenvalue weighted by Crippen LogP contribution is -2.06. The van der Waals surface area contributed by atoms with E-state index in [9.17, 15) is 18.0 Å². The maximum absolute atomic E-state index is 12.9. The van der Waals surface area contributed by atoms with Crippen LogP contribution in [0.5, 0.6) is 0 Å². The molecule has 0 saturated carbocycles. The van der Waals surface area contributed by atoms with E-state index in [0.717, 1.165) is 28.4 Å². The van der Waals surface area contributed by atoms with Crippen molar-refractivity contribution in [3.63, 3.8) is 0 Å². The Balaban J connectivity index is 1.94. The zero-order chi connectivity index (χ0) is 19.3. The zero-order valence-electron chi connectivity index (χ0n) is 14.5. The highest BCUT2D eigenvalue weighted by Gasteiger charge is 2.30. The smallest absolute Gasteiger partial charge is 0.326 e. The summed E-state index contributed by atoms with van der Waals surface area (Å²) in [7, 11) is 1.78. The number of hydrogen-bond donors (Lipinski definition) is 1. The van der Waals surface area contributed by atoms with E-state index in [1.54, 1.807) is 17.8 Å². The Bertz CT molecular complexity index is 1170. The molecule has 1 amide bonds. The number of carbonyl (C=O) groups excluding carboxylic acids is 1. The van der Waals surface area contributed by atoms with Gasteiger partial charge in [0.2, 0.25) is 5.91 Å². The van der Waals surface area contributed by atoms with Crippen LogP contribution in [-0.2, 0) is 18.0 Å². The van der Waals surface area contributed by atoms with Crippen molar-refractivity contribution in [2.75, 3.05) is 5.32 Å². The van der Waals surface area contributed by atoms with Crippen LogP contribution in [0.4, 0.5) is 18.9 Å². The minimum Gasteiger partial charge on any atom is -0.326 e. The Hall–Kier alpha value is -3.29. The summed E-state index contributed by atoms with van der Waals surface area (Å²) in [5, 5.41) is 8.90. The third kappa shape index (κ3) is 2.92. The standard InChI is InChI=1S/C19H15F3N4O/c1-11(27)23-13-5-8-17-15(9-13)16-10-25(2)24-18(16)26(17)14-6-3-12(4-7-14)19(20,21)22/h3-10H,1-2H3,(H,23,27). The molecule has 0 atom stereocenters. The van der Waals surface area contributed by atoms with Gasteiger partial charge in [-0.2, -0.15) is 18.3 Å². The summed E-state index contributed by atoms with van der Waals surface area (Å²) in [6, 6.07) is 10.4. The van der Waals surface area contributed by atoms with Gasteiger partial charge in [-0.05, 0) is 42.5 Å². The van der Waals surface area contributed by atoms with E-state index < -0.39 is 11.7 Å². The molecular weight excluding hydrogens is 357 g/mol. The second-order valence-electron chi connectivity index (χ2n) is 6.33. The Labute approximate surface area is 152 Å². The molecule has 2 heterocycles. The van der Waals surface area contributed by atoms with Crippen molar-refractivity contribution in [1.29, 1.82) is 0 Å². The van der Waals surface area contributed by atoms with Crippen molar-refractivity contribution in [2.45, 2.75) is 13.1 Å². The van der Waals surface area contributed by atoms with Gasteiger partial charge in [-0.15, -0.1) is 0 Å². The minimum absolute atomic E-state index is 0.182. The first kappa shape index (κ1) is 17.1. The third-order valence-corrected chi connectivity index (χ3v) is 4.32. The number of hydrogen-bond acceptors (Lipinski definition) is 2. The van der Waals surface area contributed by atoms with Crippen LogP contribution >= 0.6 is 0 Å². The number of benzene rings is 2. The number of nitrogens with zero attached hydrogens (tertiary/aromatic N) is 3. The van der Waals surface area contributed by atoms with Gasteiger partial charge in [0.05, 0.1) is 11.1 Å². The number of aromatic nitrogens is 3. The molecule has 0 unspecified atom stereocenters. The van der Waals surface area contributed by atoms with Crippen LogP contribution in [0, 0.1) is 0 Å². The van der Waals surface area contributed by atoms with E-state index >= 15 is 0 Å². The van der Waals surface area contributed by atoms with E-state index in [4.69, 9.17) is 0 Å². The fourth-order valence-corrected chi connectivity index (χ4v) is 3.23. The monoisotopic (exact) mass is 372 g/mol. The maximum atomic E-state index is 12.9. The van der Waals surface area contributed by atoms with Crippen LogP contribution in [0.3, 0.4) is 0 Å². The van der Waals surface area contributed by atoms with Crippen LogP contribution in [0.2, 0.25) is 0 Å². The molecule has 138 valence electrons. The number of aryl methyl sites for hydroxylation is 1. The number of amides is 1. The largest absolute Gasteiger partial charge is 0.416 e. The average molecular weight is 372 g/mol. The lowest BCUT2D eigenvalue weighted by atomic mass is 10.2. The van der Waals surface area contributed by atoms with Gasteiger partial charge in [-0.25, -0.2) is 0 Å². The van der Waals surface area contributed by atoms with Gasteiger partial charge in [-0.3, -0.25) is 14.0 Å². The van der Waals surface area contributed by atoms with E-state index in [1.807, 2.05) is 22.9 Å². The van der Waals surface area contributed by atoms with Gasteiger partial charge in [0.25, 0.3) is 0 Å². The van der Waals surface area contributed by atoms with E-state index in [0.29, 0.717) is 17.0 Å². The molecule has 0 saturated heterocycles. The van der Waals surface area contributed by atoms with Gasteiger partial charge in [0.1, 0.15) is 0 Å². The van der Waals surface area contributed by atoms with Crippen LogP contribution in [0.25, 0.3) is 27.6 Å². The molecule has 0 aliphatic carbocycles. The molecule has 2 aromatic heterocycles. The van der Waals surface area contributed by atoms with E-state index in [1.165, 1.54) is 19.1 Å². The Kier molecular flexibility index (Phi) is 3.73. The number of carbonyl (C=O) groups is 1. The number of alkyl halides is 3. The predicted octanol–water partition coefficient (Wildman–Crippen LogP) is 4.49. The number of halogens is 3. The lowest BCUT2D eigenvalue weighted by molar-refractivity contribution is -0.137. The number of anilines is 1. The minimum atomic E-state index is -4.38. The SMILES string of the molecule is CC(=O)Nc1ccc2c(c1)c1cn(C)nc1n2-c1ccc(C(F)(F)F)cc1. The maximum Gasteiger partial charge on any atom is 0.416 e. The highest BCUT2D eigenvalue weighted by molar-refractivity contribution is 6.09. The highest BCUT2D eigenvalue weighted by Crippen LogP contribution is 2.34. The van der Waals surface area contributed by atoms with Crippen LogP contribution in [0.1, 0.15) is 12.5 Å². The summed E-state index contributed by atoms with van der Waals surface area (Å²) in [5.41, 5.74) is 1.95. The molecule has 0 spiro atoms. The molecule has 4 rings (SSSR count). The molecule has 2 aromatic carbocycles. The fraction of sp³-hybridized carbons (Fsp3) is 0.158. The van der Waals surface area contributed by atoms with Gasteiger partial charge in [0.15, 0.2) is 5.65 Å². The Morgan fingerprint density at radius 2 is 1.78 bits per heavy atom. The Morgan fingerprint density at radius 3 is 2.41 bits per heavy atom. The molecule has 4 aromatic rings. The van der Waals surface area contributed by atoms with Gasteiger partial charge < -0.3 is 5.32 Å². The number of rotatable bonds is 2. The molecule has 0 bridgehead atoms. The molecule has 0 radical (unpaired) electrons. The van der Waals surface area contributed by atoms with Crippen LogP contribution in [0.15, 0.2) is 48.7 Å². The lowest BCUT2D eigenvalue weighted by Gasteiger charge is -2.10. The summed E-state index contributed by atoms with van der Waals surface area (Å²) in [6.45, 7) is 1.43. The first-order valence-electron chi connectivity index (χ1n) is 8.17. The van der Waals surface area contributed by atoms with Crippen LogP contribution in [-0.4, -0.2) is 20.3 Å². The molecule has 1 N–H and O–H groups in total. The highest BCUT2D eigenvalue weighted by atomic mass is 19.4. The normalized spacial score (nSPS) is 12.0. The van der Waals surface area contributed by atoms with Crippen molar-refractivity contribution in [3.8, 4) is 5.69 Å². The number of fused-ring (bicyclic) bond motifs is 3. The third-order valence-electron chi connectivity index (χ3n) is 4.32. The second-order valence-corrected chi connectivity index (χ2v) is 6.33. The van der Waals surface area contributed by atoms with Crippen molar-refractivity contribution in [1.82, 2.24) is 14.3 Å². The Morgan fingerprint density at radius 1 is 1.07 bits per heavy atom. The molecule has 27 heavy (non-hydrogen) atoms. The first-order chi connectivity index (χ1) is 12.7. The molecule has 0 aliphatic rings.